The van der Waals surface area contributed by atoms with Crippen molar-refractivity contribution in [3.63, 3.8) is 0 Å². The summed E-state index contributed by atoms with van der Waals surface area (Å²) >= 11 is 1.56. The first-order chi connectivity index (χ1) is 9.49. The van der Waals surface area contributed by atoms with E-state index in [0.29, 0.717) is 17.8 Å². The van der Waals surface area contributed by atoms with E-state index in [-0.39, 0.29) is 5.91 Å². The van der Waals surface area contributed by atoms with Gasteiger partial charge in [0.1, 0.15) is 0 Å². The molecule has 20 heavy (non-hydrogen) atoms. The molecule has 2 aromatic rings. The summed E-state index contributed by atoms with van der Waals surface area (Å²) in [6, 6.07) is 5.34. The standard InChI is InChI=1S/C14H18N4OS/c1-17(2)14(19)10-4-5-12(15)13(6-10)18(3)7-11-8-20-9-16-11/h4-6,8-9H,7,15H2,1-3H3. The van der Waals surface area contributed by atoms with Crippen LogP contribution in [0.25, 0.3) is 0 Å². The second-order valence-corrected chi connectivity index (χ2v) is 5.53. The van der Waals surface area contributed by atoms with Gasteiger partial charge in [-0.1, -0.05) is 0 Å². The van der Waals surface area contributed by atoms with E-state index in [4.69, 9.17) is 5.73 Å². The Kier molecular flexibility index (Phi) is 4.24. The van der Waals surface area contributed by atoms with Crippen molar-refractivity contribution in [2.24, 2.45) is 0 Å². The van der Waals surface area contributed by atoms with Crippen LogP contribution < -0.4 is 10.6 Å². The topological polar surface area (TPSA) is 62.5 Å². The molecule has 0 saturated heterocycles. The largest absolute Gasteiger partial charge is 0.397 e. The minimum absolute atomic E-state index is 0.0340. The molecule has 1 amide bonds. The minimum atomic E-state index is -0.0340. The van der Waals surface area contributed by atoms with Crippen LogP contribution in [0.3, 0.4) is 0 Å². The van der Waals surface area contributed by atoms with Gasteiger partial charge in [0.15, 0.2) is 0 Å². The van der Waals surface area contributed by atoms with Crippen molar-refractivity contribution >= 4 is 28.6 Å². The summed E-state index contributed by atoms with van der Waals surface area (Å²) in [5.41, 5.74) is 10.9. The third-order valence-corrected chi connectivity index (χ3v) is 3.61. The first-order valence-electron chi connectivity index (χ1n) is 6.18. The van der Waals surface area contributed by atoms with Crippen molar-refractivity contribution in [2.75, 3.05) is 31.8 Å². The predicted molar refractivity (Wildman–Crippen MR) is 83.1 cm³/mol. The fourth-order valence-corrected chi connectivity index (χ4v) is 2.46. The van der Waals surface area contributed by atoms with Crippen LogP contribution in [-0.2, 0) is 6.54 Å². The van der Waals surface area contributed by atoms with Crippen molar-refractivity contribution in [3.8, 4) is 0 Å². The molecule has 0 bridgehead atoms. The van der Waals surface area contributed by atoms with Crippen molar-refractivity contribution in [3.05, 3.63) is 40.3 Å². The number of thiazole rings is 1. The number of hydrogen-bond donors (Lipinski definition) is 1. The van der Waals surface area contributed by atoms with E-state index < -0.39 is 0 Å². The van der Waals surface area contributed by atoms with Gasteiger partial charge in [-0.2, -0.15) is 0 Å². The van der Waals surface area contributed by atoms with Crippen molar-refractivity contribution < 1.29 is 4.79 Å². The number of carbonyl (C=O) groups is 1. The number of benzene rings is 1. The van der Waals surface area contributed by atoms with Crippen molar-refractivity contribution in [1.82, 2.24) is 9.88 Å². The highest BCUT2D eigenvalue weighted by Gasteiger charge is 2.13. The monoisotopic (exact) mass is 290 g/mol. The smallest absolute Gasteiger partial charge is 0.253 e. The average Bonchev–Trinajstić information content (AvgIpc) is 2.91. The molecule has 0 saturated carbocycles. The molecular formula is C14H18N4OS. The number of rotatable bonds is 4. The Hall–Kier alpha value is -2.08. The summed E-state index contributed by atoms with van der Waals surface area (Å²) in [5.74, 6) is -0.0340. The van der Waals surface area contributed by atoms with Gasteiger partial charge in [-0.15, -0.1) is 11.3 Å². The summed E-state index contributed by atoms with van der Waals surface area (Å²) < 4.78 is 0. The van der Waals surface area contributed by atoms with Gasteiger partial charge in [-0.05, 0) is 18.2 Å². The summed E-state index contributed by atoms with van der Waals surface area (Å²) in [5, 5.41) is 2.00. The number of nitrogens with zero attached hydrogens (tertiary/aromatic N) is 3. The van der Waals surface area contributed by atoms with Gasteiger partial charge in [0.05, 0.1) is 29.1 Å². The van der Waals surface area contributed by atoms with Crippen molar-refractivity contribution in [2.45, 2.75) is 6.54 Å². The number of aromatic nitrogens is 1. The summed E-state index contributed by atoms with van der Waals surface area (Å²) in [6.45, 7) is 0.660. The number of carbonyl (C=O) groups excluding carboxylic acids is 1. The normalized spacial score (nSPS) is 10.3. The Bertz CT molecular complexity index is 595. The van der Waals surface area contributed by atoms with E-state index in [1.165, 1.54) is 0 Å². The van der Waals surface area contributed by atoms with Gasteiger partial charge in [-0.25, -0.2) is 4.98 Å². The van der Waals surface area contributed by atoms with Gasteiger partial charge >= 0.3 is 0 Å². The highest BCUT2D eigenvalue weighted by atomic mass is 32.1. The zero-order valence-electron chi connectivity index (χ0n) is 11.8. The van der Waals surface area contributed by atoms with Crippen LogP contribution in [0.5, 0.6) is 0 Å². The number of nitrogens with two attached hydrogens (primary N) is 1. The van der Waals surface area contributed by atoms with Gasteiger partial charge in [0.25, 0.3) is 5.91 Å². The average molecular weight is 290 g/mol. The molecule has 0 atom stereocenters. The zero-order valence-corrected chi connectivity index (χ0v) is 12.6. The van der Waals surface area contributed by atoms with E-state index in [0.717, 1.165) is 11.4 Å². The Morgan fingerprint density at radius 2 is 2.10 bits per heavy atom. The lowest BCUT2D eigenvalue weighted by atomic mass is 10.1. The molecule has 2 rings (SSSR count). The highest BCUT2D eigenvalue weighted by molar-refractivity contribution is 7.07. The summed E-state index contributed by atoms with van der Waals surface area (Å²) in [4.78, 5) is 19.8. The molecule has 1 heterocycles. The maximum Gasteiger partial charge on any atom is 0.253 e. The number of nitrogen functional groups attached to an aromatic ring is 1. The van der Waals surface area contributed by atoms with Crippen LogP contribution >= 0.6 is 11.3 Å². The molecular weight excluding hydrogens is 272 g/mol. The predicted octanol–water partition coefficient (Wildman–Crippen LogP) is 2.06. The van der Waals surface area contributed by atoms with Crippen LogP contribution in [0.1, 0.15) is 16.1 Å². The Labute approximate surface area is 122 Å². The zero-order chi connectivity index (χ0) is 14.7. The van der Waals surface area contributed by atoms with Crippen LogP contribution in [0.2, 0.25) is 0 Å². The SMILES string of the molecule is CN(C)C(=O)c1ccc(N)c(N(C)Cc2cscn2)c1. The van der Waals surface area contributed by atoms with Crippen molar-refractivity contribution in [1.29, 1.82) is 0 Å². The lowest BCUT2D eigenvalue weighted by Gasteiger charge is -2.21. The molecule has 5 nitrogen and oxygen atoms in total. The Balaban J connectivity index is 2.26. The first-order valence-corrected chi connectivity index (χ1v) is 7.12. The maximum absolute atomic E-state index is 12.0. The third kappa shape index (κ3) is 3.08. The highest BCUT2D eigenvalue weighted by Crippen LogP contribution is 2.25. The fourth-order valence-electron chi connectivity index (χ4n) is 1.91. The maximum atomic E-state index is 12.0. The molecule has 2 N–H and O–H groups in total. The second kappa shape index (κ2) is 5.92. The molecule has 0 aliphatic heterocycles. The molecule has 6 heteroatoms. The lowest BCUT2D eigenvalue weighted by Crippen LogP contribution is -2.23. The van der Waals surface area contributed by atoms with E-state index in [1.807, 2.05) is 23.4 Å². The molecule has 0 aliphatic carbocycles. The number of amides is 1. The third-order valence-electron chi connectivity index (χ3n) is 2.98. The van der Waals surface area contributed by atoms with Crippen LogP contribution in [-0.4, -0.2) is 36.9 Å². The lowest BCUT2D eigenvalue weighted by molar-refractivity contribution is 0.0827. The minimum Gasteiger partial charge on any atom is -0.397 e. The summed E-state index contributed by atoms with van der Waals surface area (Å²) in [6.07, 6.45) is 0. The van der Waals surface area contributed by atoms with E-state index in [1.54, 1.807) is 48.0 Å². The summed E-state index contributed by atoms with van der Waals surface area (Å²) in [7, 11) is 5.41. The molecule has 0 fully saturated rings. The van der Waals surface area contributed by atoms with Gasteiger partial charge in [0, 0.05) is 32.1 Å². The van der Waals surface area contributed by atoms with Crippen LogP contribution in [0, 0.1) is 0 Å². The quantitative estimate of drug-likeness (QED) is 0.876. The molecule has 106 valence electrons. The molecule has 0 spiro atoms. The molecule has 0 radical (unpaired) electrons. The number of hydrogen-bond acceptors (Lipinski definition) is 5. The van der Waals surface area contributed by atoms with Gasteiger partial charge in [0.2, 0.25) is 0 Å². The van der Waals surface area contributed by atoms with Gasteiger partial charge < -0.3 is 15.5 Å². The van der Waals surface area contributed by atoms with Crippen LogP contribution in [0.4, 0.5) is 11.4 Å². The van der Waals surface area contributed by atoms with Crippen LogP contribution in [0.15, 0.2) is 29.1 Å². The van der Waals surface area contributed by atoms with Gasteiger partial charge in [-0.3, -0.25) is 4.79 Å². The Morgan fingerprint density at radius 1 is 1.35 bits per heavy atom. The van der Waals surface area contributed by atoms with E-state index >= 15 is 0 Å². The first kappa shape index (κ1) is 14.3. The molecule has 1 aromatic heterocycles. The molecule has 0 unspecified atom stereocenters. The van der Waals surface area contributed by atoms with E-state index in [9.17, 15) is 4.79 Å². The second-order valence-electron chi connectivity index (χ2n) is 4.81. The Morgan fingerprint density at radius 3 is 2.70 bits per heavy atom. The molecule has 1 aromatic carbocycles. The molecule has 0 aliphatic rings. The van der Waals surface area contributed by atoms with E-state index in [2.05, 4.69) is 4.98 Å². The number of anilines is 2. The fraction of sp³-hybridized carbons (Fsp3) is 0.286.